The van der Waals surface area contributed by atoms with Crippen LogP contribution in [0.3, 0.4) is 0 Å². The predicted molar refractivity (Wildman–Crippen MR) is 142 cm³/mol. The Morgan fingerprint density at radius 1 is 1.00 bits per heavy atom. The van der Waals surface area contributed by atoms with Gasteiger partial charge < -0.3 is 10.6 Å². The van der Waals surface area contributed by atoms with E-state index < -0.39 is 17.2 Å². The molecule has 9 heteroatoms. The molecule has 8 nitrogen and oxygen atoms in total. The van der Waals surface area contributed by atoms with Crippen molar-refractivity contribution in [1.29, 1.82) is 0 Å². The number of carbonyl (C=O) groups is 2. The first-order valence-corrected chi connectivity index (χ1v) is 12.8. The Bertz CT molecular complexity index is 1390. The fourth-order valence-electron chi connectivity index (χ4n) is 4.70. The molecule has 0 spiro atoms. The summed E-state index contributed by atoms with van der Waals surface area (Å²) >= 11 is 6.23. The molecule has 1 fully saturated rings. The van der Waals surface area contributed by atoms with Crippen LogP contribution in [0.25, 0.3) is 10.9 Å². The van der Waals surface area contributed by atoms with Crippen LogP contribution >= 0.6 is 11.6 Å². The van der Waals surface area contributed by atoms with Gasteiger partial charge in [-0.15, -0.1) is 0 Å². The number of hydrogen-bond acceptors (Lipinski definition) is 4. The van der Waals surface area contributed by atoms with E-state index in [2.05, 4.69) is 10.6 Å². The monoisotopic (exact) mass is 510 g/mol. The average molecular weight is 511 g/mol. The Morgan fingerprint density at radius 2 is 1.75 bits per heavy atom. The summed E-state index contributed by atoms with van der Waals surface area (Å²) in [6.07, 6.45) is 5.77. The number of anilines is 1. The van der Waals surface area contributed by atoms with Gasteiger partial charge in [-0.1, -0.05) is 42.6 Å². The number of nitrogens with zero attached hydrogens (tertiary/aromatic N) is 2. The number of carbonyl (C=O) groups excluding carboxylic acids is 2. The molecule has 1 aliphatic carbocycles. The van der Waals surface area contributed by atoms with E-state index in [0.717, 1.165) is 35.8 Å². The van der Waals surface area contributed by atoms with E-state index in [0.29, 0.717) is 40.9 Å². The lowest BCUT2D eigenvalue weighted by atomic mass is 10.2. The minimum atomic E-state index is -0.556. The summed E-state index contributed by atoms with van der Waals surface area (Å²) in [5.74, 6) is -0.418. The highest BCUT2D eigenvalue weighted by Gasteiger charge is 2.18. The van der Waals surface area contributed by atoms with Crippen molar-refractivity contribution in [2.24, 2.45) is 0 Å². The fraction of sp³-hybridized carbons (Fsp3) is 0.407. The molecule has 1 saturated carbocycles. The number of aryl methyl sites for hydroxylation is 1. The van der Waals surface area contributed by atoms with Gasteiger partial charge in [0.2, 0.25) is 11.8 Å². The minimum absolute atomic E-state index is 0.0107. The third kappa shape index (κ3) is 6.05. The summed E-state index contributed by atoms with van der Waals surface area (Å²) in [6.45, 7) is 1.80. The summed E-state index contributed by atoms with van der Waals surface area (Å²) in [5.41, 5.74) is 0.852. The predicted octanol–water partition coefficient (Wildman–Crippen LogP) is 3.99. The normalized spacial score (nSPS) is 13.7. The van der Waals surface area contributed by atoms with Gasteiger partial charge in [0.25, 0.3) is 5.56 Å². The zero-order valence-electron chi connectivity index (χ0n) is 20.4. The van der Waals surface area contributed by atoms with Crippen LogP contribution in [0.2, 0.25) is 5.02 Å². The van der Waals surface area contributed by atoms with E-state index in [1.54, 1.807) is 36.4 Å². The maximum Gasteiger partial charge on any atom is 0.331 e. The van der Waals surface area contributed by atoms with Gasteiger partial charge in [0, 0.05) is 19.0 Å². The van der Waals surface area contributed by atoms with Gasteiger partial charge in [0.1, 0.15) is 6.54 Å². The first-order chi connectivity index (χ1) is 17.3. The van der Waals surface area contributed by atoms with Gasteiger partial charge in [-0.3, -0.25) is 23.5 Å². The Balaban J connectivity index is 1.48. The number of amides is 2. The van der Waals surface area contributed by atoms with Gasteiger partial charge in [0.15, 0.2) is 0 Å². The van der Waals surface area contributed by atoms with Crippen molar-refractivity contribution in [2.75, 3.05) is 5.32 Å². The molecule has 1 aliphatic rings. The summed E-state index contributed by atoms with van der Waals surface area (Å²) in [6, 6.07) is 12.3. The lowest BCUT2D eigenvalue weighted by molar-refractivity contribution is -0.122. The van der Waals surface area contributed by atoms with E-state index >= 15 is 0 Å². The molecule has 36 heavy (non-hydrogen) atoms. The molecule has 0 aliphatic heterocycles. The molecule has 4 rings (SSSR count). The van der Waals surface area contributed by atoms with E-state index in [1.807, 2.05) is 13.0 Å². The van der Waals surface area contributed by atoms with Crippen molar-refractivity contribution in [1.82, 2.24) is 14.5 Å². The van der Waals surface area contributed by atoms with E-state index in [-0.39, 0.29) is 25.0 Å². The van der Waals surface area contributed by atoms with Gasteiger partial charge in [0.05, 0.1) is 21.6 Å². The van der Waals surface area contributed by atoms with Crippen LogP contribution in [-0.4, -0.2) is 27.0 Å². The van der Waals surface area contributed by atoms with Crippen molar-refractivity contribution in [2.45, 2.75) is 71.0 Å². The van der Waals surface area contributed by atoms with E-state index in [1.165, 1.54) is 4.57 Å². The molecule has 2 N–H and O–H groups in total. The molecular formula is C27H31ClN4O4. The minimum Gasteiger partial charge on any atom is -0.353 e. The number of rotatable bonds is 9. The molecule has 1 aromatic heterocycles. The van der Waals surface area contributed by atoms with Crippen LogP contribution in [0.15, 0.2) is 52.1 Å². The van der Waals surface area contributed by atoms with Crippen molar-refractivity contribution in [3.8, 4) is 0 Å². The topological polar surface area (TPSA) is 102 Å². The second-order valence-electron chi connectivity index (χ2n) is 9.38. The molecule has 0 atom stereocenters. The van der Waals surface area contributed by atoms with Crippen LogP contribution in [0, 0.1) is 6.92 Å². The molecule has 1 heterocycles. The van der Waals surface area contributed by atoms with Gasteiger partial charge >= 0.3 is 5.69 Å². The van der Waals surface area contributed by atoms with Gasteiger partial charge in [-0.2, -0.15) is 0 Å². The number of aromatic nitrogens is 2. The molecule has 0 radical (unpaired) electrons. The third-order valence-corrected chi connectivity index (χ3v) is 6.90. The van der Waals surface area contributed by atoms with Crippen molar-refractivity contribution in [3.05, 3.63) is 73.9 Å². The van der Waals surface area contributed by atoms with Crippen LogP contribution in [0.1, 0.15) is 50.5 Å². The average Bonchev–Trinajstić information content (AvgIpc) is 3.36. The highest BCUT2D eigenvalue weighted by molar-refractivity contribution is 6.33. The number of benzene rings is 2. The van der Waals surface area contributed by atoms with Gasteiger partial charge in [-0.25, -0.2) is 4.79 Å². The Kier molecular flexibility index (Phi) is 8.25. The highest BCUT2D eigenvalue weighted by Crippen LogP contribution is 2.23. The zero-order chi connectivity index (χ0) is 25.7. The highest BCUT2D eigenvalue weighted by atomic mass is 35.5. The smallest absolute Gasteiger partial charge is 0.331 e. The maximum absolute atomic E-state index is 13.3. The fourth-order valence-corrected chi connectivity index (χ4v) is 4.98. The number of nitrogens with one attached hydrogen (secondary N) is 2. The molecule has 0 saturated heterocycles. The van der Waals surface area contributed by atoms with Crippen LogP contribution in [-0.2, 0) is 22.7 Å². The molecule has 190 valence electrons. The molecule has 3 aromatic rings. The van der Waals surface area contributed by atoms with Gasteiger partial charge in [-0.05, 0) is 62.4 Å². The molecule has 0 bridgehead atoms. The second kappa shape index (κ2) is 11.6. The first-order valence-electron chi connectivity index (χ1n) is 12.4. The third-order valence-electron chi connectivity index (χ3n) is 6.59. The second-order valence-corrected chi connectivity index (χ2v) is 9.79. The van der Waals surface area contributed by atoms with Crippen LogP contribution < -0.4 is 21.9 Å². The molecule has 2 aromatic carbocycles. The Hall–Kier alpha value is -3.39. The van der Waals surface area contributed by atoms with E-state index in [4.69, 9.17) is 11.6 Å². The van der Waals surface area contributed by atoms with Crippen LogP contribution in [0.4, 0.5) is 5.69 Å². The summed E-state index contributed by atoms with van der Waals surface area (Å²) < 4.78 is 2.46. The molecule has 2 amide bonds. The SMILES string of the molecule is Cc1ccc(NC(=O)Cn2c(=O)n(CCCCC(=O)NC3CCCC3)c(=O)c3ccccc32)c(Cl)c1. The lowest BCUT2D eigenvalue weighted by Crippen LogP contribution is -2.41. The van der Waals surface area contributed by atoms with Crippen molar-refractivity contribution >= 4 is 40.0 Å². The summed E-state index contributed by atoms with van der Waals surface area (Å²) in [7, 11) is 0. The summed E-state index contributed by atoms with van der Waals surface area (Å²) in [5, 5.41) is 6.56. The van der Waals surface area contributed by atoms with Crippen molar-refractivity contribution in [3.63, 3.8) is 0 Å². The number of para-hydroxylation sites is 1. The largest absolute Gasteiger partial charge is 0.353 e. The quantitative estimate of drug-likeness (QED) is 0.425. The number of fused-ring (bicyclic) bond motifs is 1. The number of halogens is 1. The Morgan fingerprint density at radius 3 is 2.50 bits per heavy atom. The molecular weight excluding hydrogens is 480 g/mol. The van der Waals surface area contributed by atoms with Crippen LogP contribution in [0.5, 0.6) is 0 Å². The first kappa shape index (κ1) is 25.7. The standard InChI is InChI=1S/C27H31ClN4O4/c1-18-13-14-22(21(28)16-18)30-25(34)17-32-23-11-5-4-10-20(23)26(35)31(27(32)36)15-7-6-12-24(33)29-19-8-2-3-9-19/h4-5,10-11,13-14,16,19H,2-3,6-9,12,15,17H2,1H3,(H,29,33)(H,30,34). The summed E-state index contributed by atoms with van der Waals surface area (Å²) in [4.78, 5) is 51.4. The number of hydrogen-bond donors (Lipinski definition) is 2. The van der Waals surface area contributed by atoms with E-state index in [9.17, 15) is 19.2 Å². The number of unbranched alkanes of at least 4 members (excludes halogenated alkanes) is 1. The zero-order valence-corrected chi connectivity index (χ0v) is 21.1. The Labute approximate surface area is 214 Å². The lowest BCUT2D eigenvalue weighted by Gasteiger charge is -2.15. The maximum atomic E-state index is 13.3. The molecule has 0 unspecified atom stereocenters. The van der Waals surface area contributed by atoms with Crippen molar-refractivity contribution < 1.29 is 9.59 Å².